The molecule has 2 amide bonds. The number of carbonyl (C=O) groups excluding carboxylic acids is 2. The molecule has 0 unspecified atom stereocenters. The van der Waals surface area contributed by atoms with Gasteiger partial charge in [0.15, 0.2) is 5.75 Å². The van der Waals surface area contributed by atoms with Crippen LogP contribution in [0.3, 0.4) is 0 Å². The van der Waals surface area contributed by atoms with Crippen molar-refractivity contribution in [3.05, 3.63) is 12.3 Å². The molecule has 22 heavy (non-hydrogen) atoms. The van der Waals surface area contributed by atoms with Crippen LogP contribution in [0.4, 0.5) is 4.79 Å². The van der Waals surface area contributed by atoms with Gasteiger partial charge in [0, 0.05) is 12.3 Å². The molecule has 0 aliphatic carbocycles. The highest BCUT2D eigenvalue weighted by Gasteiger charge is 2.18. The third-order valence-electron chi connectivity index (χ3n) is 2.69. The number of aromatic nitrogens is 1. The van der Waals surface area contributed by atoms with E-state index < -0.39 is 23.8 Å². The molecule has 1 atom stereocenters. The van der Waals surface area contributed by atoms with Crippen LogP contribution < -0.4 is 20.5 Å². The zero-order chi connectivity index (χ0) is 16.5. The molecule has 0 bridgehead atoms. The zero-order valence-corrected chi connectivity index (χ0v) is 12.7. The fourth-order valence-corrected chi connectivity index (χ4v) is 1.47. The van der Waals surface area contributed by atoms with Gasteiger partial charge in [0.25, 0.3) is 5.88 Å². The quantitative estimate of drug-likeness (QED) is 0.649. The van der Waals surface area contributed by atoms with Crippen LogP contribution in [0.1, 0.15) is 33.1 Å². The first-order valence-electron chi connectivity index (χ1n) is 7.04. The summed E-state index contributed by atoms with van der Waals surface area (Å²) in [6.45, 7) is 3.92. The number of amides is 2. The van der Waals surface area contributed by atoms with Crippen LogP contribution in [0, 0.1) is 0 Å². The number of hydrogen-bond donors (Lipinski definition) is 3. The number of rotatable bonds is 7. The minimum atomic E-state index is -1.08. The van der Waals surface area contributed by atoms with Gasteiger partial charge in [-0.15, -0.1) is 0 Å². The van der Waals surface area contributed by atoms with E-state index in [2.05, 4.69) is 11.9 Å². The number of nitrogens with two attached hydrogens (primary N) is 1. The third kappa shape index (κ3) is 5.57. The van der Waals surface area contributed by atoms with E-state index >= 15 is 0 Å². The van der Waals surface area contributed by atoms with Crippen molar-refractivity contribution in [3.8, 4) is 17.4 Å². The summed E-state index contributed by atoms with van der Waals surface area (Å²) in [5, 5.41) is 11.9. The summed E-state index contributed by atoms with van der Waals surface area (Å²) in [4.78, 5) is 26.5. The highest BCUT2D eigenvalue weighted by Crippen LogP contribution is 2.33. The van der Waals surface area contributed by atoms with Gasteiger partial charge in [0.2, 0.25) is 11.7 Å². The molecule has 0 fully saturated rings. The Morgan fingerprint density at radius 3 is 2.82 bits per heavy atom. The molecule has 4 N–H and O–H groups in total. The average molecular weight is 311 g/mol. The molecular weight excluding hydrogens is 290 g/mol. The Morgan fingerprint density at radius 2 is 2.18 bits per heavy atom. The lowest BCUT2D eigenvalue weighted by Crippen LogP contribution is -2.42. The molecule has 1 rings (SSSR count). The molecular formula is C14H21N3O5. The number of carbonyl (C=O) groups is 2. The number of imide groups is 1. The molecule has 8 heteroatoms. The second-order valence-electron chi connectivity index (χ2n) is 4.69. The Labute approximate surface area is 128 Å². The molecule has 1 aromatic heterocycles. The summed E-state index contributed by atoms with van der Waals surface area (Å²) in [5.74, 6) is -1.28. The van der Waals surface area contributed by atoms with Crippen LogP contribution in [0.2, 0.25) is 0 Å². The maximum atomic E-state index is 11.5. The first kappa shape index (κ1) is 17.7. The summed E-state index contributed by atoms with van der Waals surface area (Å²) in [6.07, 6.45) is 3.15. The summed E-state index contributed by atoms with van der Waals surface area (Å²) >= 11 is 0. The van der Waals surface area contributed by atoms with Crippen LogP contribution in [-0.4, -0.2) is 34.7 Å². The molecule has 0 spiro atoms. The first-order valence-corrected chi connectivity index (χ1v) is 7.04. The molecule has 0 saturated carbocycles. The Kier molecular flexibility index (Phi) is 7.11. The van der Waals surface area contributed by atoms with Crippen LogP contribution in [0.25, 0.3) is 0 Å². The maximum absolute atomic E-state index is 11.5. The standard InChI is InChI=1S/C14H21N3O5/c1-3-4-5-8-21-10-6-7-16-13(11(10)18)22-14(20)17-12(19)9(2)15/h6-7,9,18H,3-5,8,15H2,1-2H3,(H,17,19,20)/t9-/m0/s1. The van der Waals surface area contributed by atoms with E-state index in [-0.39, 0.29) is 11.6 Å². The Morgan fingerprint density at radius 1 is 1.45 bits per heavy atom. The van der Waals surface area contributed by atoms with Gasteiger partial charge in [-0.3, -0.25) is 10.1 Å². The topological polar surface area (TPSA) is 124 Å². The van der Waals surface area contributed by atoms with Gasteiger partial charge in [-0.2, -0.15) is 0 Å². The van der Waals surface area contributed by atoms with E-state index in [0.717, 1.165) is 19.3 Å². The predicted molar refractivity (Wildman–Crippen MR) is 78.7 cm³/mol. The second-order valence-corrected chi connectivity index (χ2v) is 4.69. The van der Waals surface area contributed by atoms with Crippen molar-refractivity contribution in [2.24, 2.45) is 5.73 Å². The molecule has 122 valence electrons. The molecule has 0 aliphatic rings. The molecule has 0 aromatic carbocycles. The SMILES string of the molecule is CCCCCOc1ccnc(OC(=O)NC(=O)[C@H](C)N)c1O. The van der Waals surface area contributed by atoms with Crippen molar-refractivity contribution in [1.29, 1.82) is 0 Å². The van der Waals surface area contributed by atoms with E-state index in [1.807, 2.05) is 5.32 Å². The van der Waals surface area contributed by atoms with Gasteiger partial charge < -0.3 is 20.3 Å². The summed E-state index contributed by atoms with van der Waals surface area (Å²) < 4.78 is 10.2. The highest BCUT2D eigenvalue weighted by atomic mass is 16.6. The van der Waals surface area contributed by atoms with Gasteiger partial charge in [-0.25, -0.2) is 9.78 Å². The van der Waals surface area contributed by atoms with Crippen molar-refractivity contribution in [2.75, 3.05) is 6.61 Å². The summed E-state index contributed by atoms with van der Waals surface area (Å²) in [6, 6.07) is 0.599. The summed E-state index contributed by atoms with van der Waals surface area (Å²) in [5.41, 5.74) is 5.31. The lowest BCUT2D eigenvalue weighted by Gasteiger charge is -2.11. The predicted octanol–water partition coefficient (Wildman–Crippen LogP) is 1.32. The molecule has 0 radical (unpaired) electrons. The van der Waals surface area contributed by atoms with E-state index in [0.29, 0.717) is 6.61 Å². The van der Waals surface area contributed by atoms with Crippen molar-refractivity contribution in [2.45, 2.75) is 39.2 Å². The van der Waals surface area contributed by atoms with E-state index in [4.69, 9.17) is 15.2 Å². The van der Waals surface area contributed by atoms with E-state index in [1.165, 1.54) is 19.2 Å². The number of ether oxygens (including phenoxy) is 2. The zero-order valence-electron chi connectivity index (χ0n) is 12.7. The number of pyridine rings is 1. The Balaban J connectivity index is 2.63. The van der Waals surface area contributed by atoms with Crippen LogP contribution >= 0.6 is 0 Å². The smallest absolute Gasteiger partial charge is 0.420 e. The molecule has 0 saturated heterocycles. The minimum Gasteiger partial charge on any atom is -0.501 e. The van der Waals surface area contributed by atoms with Gasteiger partial charge in [-0.1, -0.05) is 19.8 Å². The Hall–Kier alpha value is -2.35. The maximum Gasteiger partial charge on any atom is 0.420 e. The van der Waals surface area contributed by atoms with Crippen molar-refractivity contribution in [1.82, 2.24) is 10.3 Å². The van der Waals surface area contributed by atoms with Crippen molar-refractivity contribution < 1.29 is 24.2 Å². The number of nitrogens with zero attached hydrogens (tertiary/aromatic N) is 1. The average Bonchev–Trinajstić information content (AvgIpc) is 2.47. The van der Waals surface area contributed by atoms with Gasteiger partial charge in [0.05, 0.1) is 12.6 Å². The lowest BCUT2D eigenvalue weighted by molar-refractivity contribution is -0.121. The fraction of sp³-hybridized carbons (Fsp3) is 0.500. The highest BCUT2D eigenvalue weighted by molar-refractivity contribution is 5.95. The number of aromatic hydroxyl groups is 1. The minimum absolute atomic E-state index is 0.160. The van der Waals surface area contributed by atoms with Gasteiger partial charge in [0.1, 0.15) is 0 Å². The molecule has 1 aromatic rings. The third-order valence-corrected chi connectivity index (χ3v) is 2.69. The molecule has 8 nitrogen and oxygen atoms in total. The van der Waals surface area contributed by atoms with Gasteiger partial charge in [-0.05, 0) is 13.3 Å². The van der Waals surface area contributed by atoms with E-state index in [9.17, 15) is 14.7 Å². The van der Waals surface area contributed by atoms with E-state index in [1.54, 1.807) is 0 Å². The van der Waals surface area contributed by atoms with Crippen LogP contribution in [0.5, 0.6) is 17.4 Å². The molecule has 0 aliphatic heterocycles. The van der Waals surface area contributed by atoms with Crippen molar-refractivity contribution >= 4 is 12.0 Å². The monoisotopic (exact) mass is 311 g/mol. The Bertz CT molecular complexity index is 519. The normalized spacial score (nSPS) is 11.6. The largest absolute Gasteiger partial charge is 0.501 e. The van der Waals surface area contributed by atoms with Crippen LogP contribution in [0.15, 0.2) is 12.3 Å². The molecule has 1 heterocycles. The van der Waals surface area contributed by atoms with Crippen LogP contribution in [-0.2, 0) is 4.79 Å². The number of hydrogen-bond acceptors (Lipinski definition) is 7. The lowest BCUT2D eigenvalue weighted by atomic mass is 10.3. The number of nitrogens with one attached hydrogen (secondary N) is 1. The van der Waals surface area contributed by atoms with Crippen molar-refractivity contribution in [3.63, 3.8) is 0 Å². The fourth-order valence-electron chi connectivity index (χ4n) is 1.47. The first-order chi connectivity index (χ1) is 10.5. The second kappa shape index (κ2) is 8.83. The summed E-state index contributed by atoms with van der Waals surface area (Å²) in [7, 11) is 0. The van der Waals surface area contributed by atoms with Gasteiger partial charge >= 0.3 is 6.09 Å². The number of unbranched alkanes of at least 4 members (excludes halogenated alkanes) is 2.